The summed E-state index contributed by atoms with van der Waals surface area (Å²) >= 11 is 0. The Morgan fingerprint density at radius 2 is 1.85 bits per heavy atom. The lowest BCUT2D eigenvalue weighted by molar-refractivity contribution is 0.0177. The highest BCUT2D eigenvalue weighted by Crippen LogP contribution is 2.35. The molecule has 0 spiro atoms. The molecular formula is C27H35N3O4. The van der Waals surface area contributed by atoms with Gasteiger partial charge >= 0.3 is 0 Å². The molecule has 0 aliphatic heterocycles. The molecule has 0 unspecified atom stereocenters. The molecule has 3 aromatic rings. The molecule has 0 aliphatic carbocycles. The lowest BCUT2D eigenvalue weighted by Crippen LogP contribution is -2.39. The van der Waals surface area contributed by atoms with Gasteiger partial charge in [0.15, 0.2) is 0 Å². The molecule has 1 N–H and O–H groups in total. The van der Waals surface area contributed by atoms with Crippen molar-refractivity contribution in [1.29, 1.82) is 0 Å². The molecule has 3 rings (SSSR count). The van der Waals surface area contributed by atoms with E-state index in [1.165, 1.54) is 0 Å². The quantitative estimate of drug-likeness (QED) is 0.292. The van der Waals surface area contributed by atoms with Crippen molar-refractivity contribution in [3.05, 3.63) is 72.8 Å². The molecule has 34 heavy (non-hydrogen) atoms. The van der Waals surface area contributed by atoms with Gasteiger partial charge in [0.25, 0.3) is 0 Å². The van der Waals surface area contributed by atoms with Gasteiger partial charge < -0.3 is 19.3 Å². The Morgan fingerprint density at radius 1 is 1.12 bits per heavy atom. The van der Waals surface area contributed by atoms with Gasteiger partial charge in [0.1, 0.15) is 17.2 Å². The highest BCUT2D eigenvalue weighted by Gasteiger charge is 2.24. The Bertz CT molecular complexity index is 1050. The Kier molecular flexibility index (Phi) is 9.27. The van der Waals surface area contributed by atoms with Crippen LogP contribution >= 0.6 is 0 Å². The molecule has 0 bridgehead atoms. The molecule has 0 aliphatic rings. The number of aliphatic hydroxyl groups excluding tert-OH is 1. The van der Waals surface area contributed by atoms with E-state index in [1.54, 1.807) is 17.9 Å². The molecule has 7 nitrogen and oxygen atoms in total. The fourth-order valence-corrected chi connectivity index (χ4v) is 3.70. The van der Waals surface area contributed by atoms with Gasteiger partial charge in [-0.1, -0.05) is 42.5 Å². The number of hydrogen-bond donors (Lipinski definition) is 1. The second kappa shape index (κ2) is 12.4. The minimum Gasteiger partial charge on any atom is -0.497 e. The van der Waals surface area contributed by atoms with Crippen molar-refractivity contribution in [1.82, 2.24) is 14.7 Å². The number of ether oxygens (including phenoxy) is 3. The van der Waals surface area contributed by atoms with Crippen LogP contribution in [0.3, 0.4) is 0 Å². The van der Waals surface area contributed by atoms with Crippen LogP contribution < -0.4 is 9.47 Å². The molecule has 0 fully saturated rings. The molecule has 182 valence electrons. The summed E-state index contributed by atoms with van der Waals surface area (Å²) < 4.78 is 18.9. The first-order valence-corrected chi connectivity index (χ1v) is 11.5. The van der Waals surface area contributed by atoms with Crippen molar-refractivity contribution in [2.45, 2.75) is 32.5 Å². The molecular weight excluding hydrogens is 430 g/mol. The average molecular weight is 466 g/mol. The van der Waals surface area contributed by atoms with Crippen molar-refractivity contribution in [3.8, 4) is 28.6 Å². The van der Waals surface area contributed by atoms with Crippen molar-refractivity contribution >= 4 is 0 Å². The number of benzene rings is 2. The van der Waals surface area contributed by atoms with Crippen LogP contribution in [0.5, 0.6) is 17.4 Å². The van der Waals surface area contributed by atoms with Crippen molar-refractivity contribution < 1.29 is 19.3 Å². The van der Waals surface area contributed by atoms with E-state index in [-0.39, 0.29) is 12.6 Å². The number of rotatable bonds is 13. The molecule has 0 radical (unpaired) electrons. The molecule has 0 saturated heterocycles. The molecule has 1 atom stereocenters. The fraction of sp³-hybridized carbons (Fsp3) is 0.370. The van der Waals surface area contributed by atoms with Crippen LogP contribution in [0, 0.1) is 0 Å². The number of nitrogens with zero attached hydrogens (tertiary/aromatic N) is 3. The highest BCUT2D eigenvalue weighted by molar-refractivity contribution is 5.65. The molecule has 0 saturated carbocycles. The van der Waals surface area contributed by atoms with Crippen LogP contribution in [0.25, 0.3) is 11.3 Å². The molecule has 2 aromatic carbocycles. The number of aliphatic hydroxyl groups is 1. The van der Waals surface area contributed by atoms with E-state index in [1.807, 2.05) is 61.6 Å². The maximum Gasteiger partial charge on any atom is 0.222 e. The van der Waals surface area contributed by atoms with Crippen molar-refractivity contribution in [3.63, 3.8) is 0 Å². The van der Waals surface area contributed by atoms with Crippen LogP contribution in [-0.2, 0) is 18.3 Å². The van der Waals surface area contributed by atoms with Gasteiger partial charge in [0.2, 0.25) is 5.88 Å². The minimum absolute atomic E-state index is 0.183. The van der Waals surface area contributed by atoms with Gasteiger partial charge in [0, 0.05) is 37.8 Å². The zero-order valence-electron chi connectivity index (χ0n) is 20.5. The summed E-state index contributed by atoms with van der Waals surface area (Å²) in [5.74, 6) is 2.03. The number of methoxy groups -OCH3 is 1. The molecule has 1 aromatic heterocycles. The van der Waals surface area contributed by atoms with Gasteiger partial charge in [-0.2, -0.15) is 5.10 Å². The first-order valence-electron chi connectivity index (χ1n) is 11.5. The van der Waals surface area contributed by atoms with Gasteiger partial charge in [-0.05, 0) is 26.0 Å². The summed E-state index contributed by atoms with van der Waals surface area (Å²) in [6.07, 6.45) is 1.05. The second-order valence-corrected chi connectivity index (χ2v) is 8.41. The van der Waals surface area contributed by atoms with Gasteiger partial charge in [-0.15, -0.1) is 6.58 Å². The van der Waals surface area contributed by atoms with Gasteiger partial charge in [0.05, 0.1) is 32.0 Å². The predicted octanol–water partition coefficient (Wildman–Crippen LogP) is 4.66. The smallest absolute Gasteiger partial charge is 0.222 e. The number of hydrogen-bond acceptors (Lipinski definition) is 6. The third kappa shape index (κ3) is 6.70. The topological polar surface area (TPSA) is 69.0 Å². The molecule has 0 amide bonds. The summed E-state index contributed by atoms with van der Waals surface area (Å²) in [5, 5.41) is 15.4. The van der Waals surface area contributed by atoms with Gasteiger partial charge in [-0.3, -0.25) is 4.90 Å². The minimum atomic E-state index is -0.623. The Labute approximate surface area is 202 Å². The monoisotopic (exact) mass is 465 g/mol. The van der Waals surface area contributed by atoms with Crippen LogP contribution in [0.4, 0.5) is 0 Å². The van der Waals surface area contributed by atoms with Crippen molar-refractivity contribution in [2.24, 2.45) is 7.05 Å². The Morgan fingerprint density at radius 3 is 2.53 bits per heavy atom. The Hall–Kier alpha value is -3.13. The molecule has 1 heterocycles. The fourth-order valence-electron chi connectivity index (χ4n) is 3.70. The van der Waals surface area contributed by atoms with E-state index in [9.17, 15) is 5.11 Å². The first-order chi connectivity index (χ1) is 16.4. The predicted molar refractivity (Wildman–Crippen MR) is 134 cm³/mol. The zero-order chi connectivity index (χ0) is 24.5. The highest BCUT2D eigenvalue weighted by atomic mass is 16.5. The number of aryl methyl sites for hydroxylation is 1. The Balaban J connectivity index is 1.95. The van der Waals surface area contributed by atoms with E-state index < -0.39 is 6.10 Å². The van der Waals surface area contributed by atoms with Crippen LogP contribution in [0.1, 0.15) is 19.4 Å². The summed E-state index contributed by atoms with van der Waals surface area (Å²) in [6, 6.07) is 17.8. The summed E-state index contributed by atoms with van der Waals surface area (Å²) in [6.45, 7) is 9.54. The lowest BCUT2D eigenvalue weighted by Gasteiger charge is -2.29. The SMILES string of the molecule is C=CCOC[C@H](O)CN(Cc1c(-c2ccccc2)nn(C)c1Oc1cccc(OC)c1)C(C)C. The third-order valence-electron chi connectivity index (χ3n) is 5.47. The van der Waals surface area contributed by atoms with E-state index >= 15 is 0 Å². The van der Waals surface area contributed by atoms with Gasteiger partial charge in [-0.25, -0.2) is 4.68 Å². The van der Waals surface area contributed by atoms with Crippen LogP contribution in [-0.4, -0.2) is 58.8 Å². The summed E-state index contributed by atoms with van der Waals surface area (Å²) in [5.41, 5.74) is 2.81. The van der Waals surface area contributed by atoms with E-state index in [2.05, 4.69) is 25.3 Å². The third-order valence-corrected chi connectivity index (χ3v) is 5.47. The second-order valence-electron chi connectivity index (χ2n) is 8.41. The maximum atomic E-state index is 10.6. The number of aromatic nitrogens is 2. The van der Waals surface area contributed by atoms with E-state index in [4.69, 9.17) is 19.3 Å². The standard InChI is InChI=1S/C27H35N3O4/c1-6-15-33-19-22(31)17-30(20(2)3)18-25-26(21-11-8-7-9-12-21)28-29(4)27(25)34-24-14-10-13-23(16-24)32-5/h6-14,16,20,22,31H,1,15,17-19H2,2-5H3/t22-/m1/s1. The van der Waals surface area contributed by atoms with E-state index in [0.717, 1.165) is 22.6 Å². The van der Waals surface area contributed by atoms with Crippen molar-refractivity contribution in [2.75, 3.05) is 26.9 Å². The maximum absolute atomic E-state index is 10.6. The largest absolute Gasteiger partial charge is 0.497 e. The molecule has 7 heteroatoms. The average Bonchev–Trinajstić information content (AvgIpc) is 3.14. The summed E-state index contributed by atoms with van der Waals surface area (Å²) in [4.78, 5) is 2.20. The first kappa shape index (κ1) is 25.5. The lowest BCUT2D eigenvalue weighted by atomic mass is 10.1. The van der Waals surface area contributed by atoms with E-state index in [0.29, 0.717) is 31.3 Å². The summed E-state index contributed by atoms with van der Waals surface area (Å²) in [7, 11) is 3.51. The van der Waals surface area contributed by atoms with Crippen LogP contribution in [0.15, 0.2) is 67.3 Å². The zero-order valence-corrected chi connectivity index (χ0v) is 20.5. The normalized spacial score (nSPS) is 12.2. The van der Waals surface area contributed by atoms with Crippen LogP contribution in [0.2, 0.25) is 0 Å².